The summed E-state index contributed by atoms with van der Waals surface area (Å²) in [5.41, 5.74) is 0.257. The molecule has 0 aromatic heterocycles. The highest BCUT2D eigenvalue weighted by atomic mass is 32.2. The standard InChI is InChI=1S/C18H29N3O3S/c1-4-5-12-20(3)18(22)16-10-6-7-11-17(16)25(23,24)21-13-8-9-15(14-21)19-2/h6-7,10-11,15,19H,4-5,8-9,12-14H2,1-3H3. The molecule has 0 bridgehead atoms. The van der Waals surface area contributed by atoms with Gasteiger partial charge in [0.15, 0.2) is 0 Å². The van der Waals surface area contributed by atoms with E-state index < -0.39 is 10.0 Å². The van der Waals surface area contributed by atoms with Crippen molar-refractivity contribution in [2.45, 2.75) is 43.5 Å². The van der Waals surface area contributed by atoms with E-state index in [2.05, 4.69) is 12.2 Å². The van der Waals surface area contributed by atoms with Gasteiger partial charge < -0.3 is 10.2 Å². The number of unbranched alkanes of at least 4 members (excludes halogenated alkanes) is 1. The molecule has 1 heterocycles. The van der Waals surface area contributed by atoms with Crippen LogP contribution in [0, 0.1) is 0 Å². The minimum absolute atomic E-state index is 0.111. The topological polar surface area (TPSA) is 69.7 Å². The molecule has 7 heteroatoms. The van der Waals surface area contributed by atoms with Crippen LogP contribution in [0.3, 0.4) is 0 Å². The summed E-state index contributed by atoms with van der Waals surface area (Å²) in [5.74, 6) is -0.241. The lowest BCUT2D eigenvalue weighted by atomic mass is 10.1. The molecule has 1 unspecified atom stereocenters. The molecule has 2 rings (SSSR count). The van der Waals surface area contributed by atoms with Gasteiger partial charge in [0.1, 0.15) is 0 Å². The number of likely N-dealkylation sites (N-methyl/N-ethyl adjacent to an activating group) is 1. The van der Waals surface area contributed by atoms with E-state index in [9.17, 15) is 13.2 Å². The van der Waals surface area contributed by atoms with Gasteiger partial charge in [-0.05, 0) is 38.4 Å². The van der Waals surface area contributed by atoms with Crippen LogP contribution >= 0.6 is 0 Å². The first-order valence-electron chi connectivity index (χ1n) is 8.93. The summed E-state index contributed by atoms with van der Waals surface area (Å²) in [5, 5.41) is 3.15. The Bertz CT molecular complexity index is 691. The largest absolute Gasteiger partial charge is 0.342 e. The van der Waals surface area contributed by atoms with Crippen LogP contribution in [0.25, 0.3) is 0 Å². The number of piperidine rings is 1. The number of hydrogen-bond donors (Lipinski definition) is 1. The molecule has 0 aliphatic carbocycles. The van der Waals surface area contributed by atoms with Gasteiger partial charge in [0.25, 0.3) is 5.91 Å². The Morgan fingerprint density at radius 2 is 2.08 bits per heavy atom. The second-order valence-electron chi connectivity index (χ2n) is 6.57. The highest BCUT2D eigenvalue weighted by Gasteiger charge is 2.32. The van der Waals surface area contributed by atoms with Crippen molar-refractivity contribution < 1.29 is 13.2 Å². The molecule has 0 radical (unpaired) electrons. The molecule has 1 N–H and O–H groups in total. The summed E-state index contributed by atoms with van der Waals surface area (Å²) in [6.07, 6.45) is 3.66. The third kappa shape index (κ3) is 4.59. The zero-order valence-corrected chi connectivity index (χ0v) is 16.2. The highest BCUT2D eigenvalue weighted by molar-refractivity contribution is 7.89. The smallest absolute Gasteiger partial charge is 0.254 e. The maximum atomic E-state index is 13.1. The number of hydrogen-bond acceptors (Lipinski definition) is 4. The van der Waals surface area contributed by atoms with E-state index in [1.54, 1.807) is 36.2 Å². The van der Waals surface area contributed by atoms with Crippen molar-refractivity contribution in [2.24, 2.45) is 0 Å². The first-order valence-corrected chi connectivity index (χ1v) is 10.4. The molecular formula is C18H29N3O3S. The first-order chi connectivity index (χ1) is 11.9. The van der Waals surface area contributed by atoms with Crippen molar-refractivity contribution in [1.29, 1.82) is 0 Å². The summed E-state index contributed by atoms with van der Waals surface area (Å²) in [4.78, 5) is 14.5. The Morgan fingerprint density at radius 1 is 1.36 bits per heavy atom. The van der Waals surface area contributed by atoms with Gasteiger partial charge in [-0.25, -0.2) is 8.42 Å². The van der Waals surface area contributed by atoms with Crippen molar-refractivity contribution in [3.8, 4) is 0 Å². The number of carbonyl (C=O) groups excluding carboxylic acids is 1. The molecule has 6 nitrogen and oxygen atoms in total. The number of carbonyl (C=O) groups is 1. The van der Waals surface area contributed by atoms with Gasteiger partial charge >= 0.3 is 0 Å². The predicted octanol–water partition coefficient (Wildman–Crippen LogP) is 1.93. The van der Waals surface area contributed by atoms with E-state index >= 15 is 0 Å². The van der Waals surface area contributed by atoms with Crippen LogP contribution in [0.15, 0.2) is 29.2 Å². The summed E-state index contributed by atoms with van der Waals surface area (Å²) >= 11 is 0. The highest BCUT2D eigenvalue weighted by Crippen LogP contribution is 2.24. The molecule has 0 spiro atoms. The van der Waals surface area contributed by atoms with E-state index in [4.69, 9.17) is 0 Å². The molecule has 1 amide bonds. The van der Waals surface area contributed by atoms with Gasteiger partial charge in [0.05, 0.1) is 10.5 Å². The van der Waals surface area contributed by atoms with E-state index in [1.807, 2.05) is 7.05 Å². The zero-order valence-electron chi connectivity index (χ0n) is 15.4. The van der Waals surface area contributed by atoms with E-state index in [1.165, 1.54) is 4.31 Å². The van der Waals surface area contributed by atoms with Crippen molar-refractivity contribution in [3.05, 3.63) is 29.8 Å². The number of benzene rings is 1. The Kier molecular flexibility index (Phi) is 6.98. The van der Waals surface area contributed by atoms with Gasteiger partial charge in [-0.2, -0.15) is 4.31 Å². The van der Waals surface area contributed by atoms with Gasteiger partial charge in [-0.1, -0.05) is 25.5 Å². The average Bonchev–Trinajstić information content (AvgIpc) is 2.65. The lowest BCUT2D eigenvalue weighted by molar-refractivity contribution is 0.0789. The maximum absolute atomic E-state index is 13.1. The van der Waals surface area contributed by atoms with Crippen LogP contribution in [0.1, 0.15) is 43.0 Å². The van der Waals surface area contributed by atoms with Gasteiger partial charge in [-0.15, -0.1) is 0 Å². The van der Waals surface area contributed by atoms with Crippen LogP contribution < -0.4 is 5.32 Å². The van der Waals surface area contributed by atoms with Gasteiger partial charge in [0.2, 0.25) is 10.0 Å². The molecular weight excluding hydrogens is 338 g/mol. The van der Waals surface area contributed by atoms with Crippen molar-refractivity contribution >= 4 is 15.9 Å². The van der Waals surface area contributed by atoms with E-state index in [0.717, 1.165) is 25.7 Å². The third-order valence-corrected chi connectivity index (χ3v) is 6.64. The molecule has 25 heavy (non-hydrogen) atoms. The monoisotopic (exact) mass is 367 g/mol. The first kappa shape index (κ1) is 19.9. The Morgan fingerprint density at radius 3 is 2.76 bits per heavy atom. The lowest BCUT2D eigenvalue weighted by Crippen LogP contribution is -2.47. The SMILES string of the molecule is CCCCN(C)C(=O)c1ccccc1S(=O)(=O)N1CCCC(NC)C1. The van der Waals surface area contributed by atoms with Crippen LogP contribution in [0.4, 0.5) is 0 Å². The average molecular weight is 368 g/mol. The molecule has 1 atom stereocenters. The normalized spacial score (nSPS) is 18.9. The summed E-state index contributed by atoms with van der Waals surface area (Å²) < 4.78 is 27.8. The second kappa shape index (κ2) is 8.78. The van der Waals surface area contributed by atoms with Crippen molar-refractivity contribution in [2.75, 3.05) is 33.7 Å². The second-order valence-corrected chi connectivity index (χ2v) is 8.47. The maximum Gasteiger partial charge on any atom is 0.254 e. The predicted molar refractivity (Wildman–Crippen MR) is 99.2 cm³/mol. The fourth-order valence-corrected chi connectivity index (χ4v) is 4.81. The Labute approximate surface area is 151 Å². The third-order valence-electron chi connectivity index (χ3n) is 4.72. The summed E-state index contributed by atoms with van der Waals surface area (Å²) in [7, 11) is -0.119. The Hall–Kier alpha value is -1.44. The van der Waals surface area contributed by atoms with Crippen LogP contribution in [-0.4, -0.2) is 63.3 Å². The number of amides is 1. The van der Waals surface area contributed by atoms with Crippen LogP contribution in [0.2, 0.25) is 0 Å². The molecule has 1 saturated heterocycles. The quantitative estimate of drug-likeness (QED) is 0.799. The number of sulfonamides is 1. The molecule has 140 valence electrons. The minimum atomic E-state index is -3.69. The summed E-state index contributed by atoms with van der Waals surface area (Å²) in [6, 6.07) is 6.69. The van der Waals surface area contributed by atoms with Gasteiger partial charge in [0, 0.05) is 32.7 Å². The Balaban J connectivity index is 2.31. The van der Waals surface area contributed by atoms with Crippen LogP contribution in [-0.2, 0) is 10.0 Å². The van der Waals surface area contributed by atoms with Gasteiger partial charge in [-0.3, -0.25) is 4.79 Å². The molecule has 1 aromatic rings. The van der Waals surface area contributed by atoms with Crippen molar-refractivity contribution in [1.82, 2.24) is 14.5 Å². The fraction of sp³-hybridized carbons (Fsp3) is 0.611. The zero-order chi connectivity index (χ0) is 18.4. The number of nitrogens with one attached hydrogen (secondary N) is 1. The number of nitrogens with zero attached hydrogens (tertiary/aromatic N) is 2. The van der Waals surface area contributed by atoms with E-state index in [0.29, 0.717) is 19.6 Å². The van der Waals surface area contributed by atoms with E-state index in [-0.39, 0.29) is 22.4 Å². The lowest BCUT2D eigenvalue weighted by Gasteiger charge is -2.32. The molecule has 1 fully saturated rings. The number of rotatable bonds is 7. The van der Waals surface area contributed by atoms with Crippen LogP contribution in [0.5, 0.6) is 0 Å². The summed E-state index contributed by atoms with van der Waals surface area (Å²) in [6.45, 7) is 3.61. The molecule has 1 aromatic carbocycles. The molecule has 1 aliphatic rings. The van der Waals surface area contributed by atoms with Crippen molar-refractivity contribution in [3.63, 3.8) is 0 Å². The molecule has 1 aliphatic heterocycles. The fourth-order valence-electron chi connectivity index (χ4n) is 3.11. The minimum Gasteiger partial charge on any atom is -0.342 e. The molecule has 0 saturated carbocycles.